The number of unbranched alkanes of at least 4 members (excludes halogenated alkanes) is 3. The van der Waals surface area contributed by atoms with Crippen molar-refractivity contribution >= 4 is 29.4 Å². The van der Waals surface area contributed by atoms with Gasteiger partial charge in [0.25, 0.3) is 0 Å². The first-order chi connectivity index (χ1) is 13.7. The molecule has 2 aromatic carbocycles. The molecule has 0 saturated heterocycles. The summed E-state index contributed by atoms with van der Waals surface area (Å²) in [6.07, 6.45) is 11.6. The van der Waals surface area contributed by atoms with E-state index in [1.54, 1.807) is 0 Å². The van der Waals surface area contributed by atoms with E-state index in [0.29, 0.717) is 0 Å². The molecular weight excluding hydrogens is 368 g/mol. The molecule has 0 unspecified atom stereocenters. The third-order valence-electron chi connectivity index (χ3n) is 4.69. The van der Waals surface area contributed by atoms with Crippen LogP contribution in [-0.4, -0.2) is 13.0 Å². The highest BCUT2D eigenvalue weighted by molar-refractivity contribution is 6.30. The van der Waals surface area contributed by atoms with E-state index in [-0.39, 0.29) is 0 Å². The van der Waals surface area contributed by atoms with Crippen LogP contribution in [0.3, 0.4) is 0 Å². The third kappa shape index (κ3) is 7.05. The van der Waals surface area contributed by atoms with Gasteiger partial charge in [-0.2, -0.15) is 0 Å². The van der Waals surface area contributed by atoms with Crippen molar-refractivity contribution in [2.75, 3.05) is 11.4 Å². The van der Waals surface area contributed by atoms with Crippen LogP contribution in [-0.2, 0) is 11.2 Å². The van der Waals surface area contributed by atoms with Gasteiger partial charge in [0.1, 0.15) is 0 Å². The van der Waals surface area contributed by atoms with Crippen molar-refractivity contribution in [3.05, 3.63) is 70.9 Å². The average molecular weight is 399 g/mol. The Hall–Kier alpha value is -2.26. The maximum atomic E-state index is 10.3. The third-order valence-corrected chi connectivity index (χ3v) is 4.92. The Bertz CT molecular complexity index is 773. The first-order valence-corrected chi connectivity index (χ1v) is 10.5. The summed E-state index contributed by atoms with van der Waals surface area (Å²) in [6.45, 7) is 5.11. The molecule has 1 N–H and O–H groups in total. The second-order valence-corrected chi connectivity index (χ2v) is 7.46. The van der Waals surface area contributed by atoms with E-state index >= 15 is 0 Å². The van der Waals surface area contributed by atoms with E-state index in [0.717, 1.165) is 62.2 Å². The number of anilines is 2. The van der Waals surface area contributed by atoms with Crippen molar-refractivity contribution in [2.45, 2.75) is 52.4 Å². The van der Waals surface area contributed by atoms with Gasteiger partial charge in [-0.05, 0) is 68.0 Å². The number of hydrogen-bond donors (Lipinski definition) is 1. The standard InChI is InChI=1S/C24H31ClN2O/c1-3-4-8-16-27(23-12-9-11-22(25)18-23)24-14-13-21(17-20(24)2)10-6-5-7-15-26-19-28/h8-9,11-14,16-19H,3-7,10,15H2,1-2H3,(H,26,28)/b16-8+. The van der Waals surface area contributed by atoms with Crippen LogP contribution in [0.5, 0.6) is 0 Å². The van der Waals surface area contributed by atoms with Crippen LogP contribution in [0.4, 0.5) is 11.4 Å². The number of rotatable bonds is 12. The first-order valence-electron chi connectivity index (χ1n) is 10.1. The van der Waals surface area contributed by atoms with Gasteiger partial charge in [0.05, 0.1) is 0 Å². The van der Waals surface area contributed by atoms with Crippen molar-refractivity contribution in [2.24, 2.45) is 0 Å². The minimum absolute atomic E-state index is 0.740. The fourth-order valence-corrected chi connectivity index (χ4v) is 3.40. The summed E-state index contributed by atoms with van der Waals surface area (Å²) in [5.74, 6) is 0. The van der Waals surface area contributed by atoms with Gasteiger partial charge >= 0.3 is 0 Å². The lowest BCUT2D eigenvalue weighted by Gasteiger charge is -2.23. The minimum Gasteiger partial charge on any atom is -0.359 e. The molecule has 0 heterocycles. The summed E-state index contributed by atoms with van der Waals surface area (Å²) >= 11 is 6.23. The van der Waals surface area contributed by atoms with Crippen LogP contribution in [0.1, 0.15) is 50.2 Å². The zero-order valence-electron chi connectivity index (χ0n) is 17.0. The number of carbonyl (C=O) groups excluding carboxylic acids is 1. The van der Waals surface area contributed by atoms with Crippen LogP contribution < -0.4 is 10.2 Å². The minimum atomic E-state index is 0.740. The van der Waals surface area contributed by atoms with Crippen LogP contribution in [0.2, 0.25) is 5.02 Å². The van der Waals surface area contributed by atoms with Gasteiger partial charge in [0.2, 0.25) is 6.41 Å². The van der Waals surface area contributed by atoms with Crippen molar-refractivity contribution in [3.63, 3.8) is 0 Å². The van der Waals surface area contributed by atoms with E-state index in [1.807, 2.05) is 18.2 Å². The van der Waals surface area contributed by atoms with Gasteiger partial charge < -0.3 is 10.2 Å². The largest absolute Gasteiger partial charge is 0.359 e. The first kappa shape index (κ1) is 22.0. The molecule has 0 saturated carbocycles. The number of allylic oxidation sites excluding steroid dienone is 1. The molecule has 28 heavy (non-hydrogen) atoms. The molecule has 3 nitrogen and oxygen atoms in total. The SMILES string of the molecule is CCC/C=C/N(c1cccc(Cl)c1)c1ccc(CCCCCNC=O)cc1C. The lowest BCUT2D eigenvalue weighted by molar-refractivity contribution is -0.109. The number of hydrogen-bond acceptors (Lipinski definition) is 2. The summed E-state index contributed by atoms with van der Waals surface area (Å²) in [6, 6.07) is 14.7. The molecule has 0 aliphatic heterocycles. The maximum Gasteiger partial charge on any atom is 0.207 e. The highest BCUT2D eigenvalue weighted by Crippen LogP contribution is 2.31. The molecule has 2 rings (SSSR count). The zero-order valence-corrected chi connectivity index (χ0v) is 17.7. The lowest BCUT2D eigenvalue weighted by atomic mass is 10.0. The highest BCUT2D eigenvalue weighted by Gasteiger charge is 2.10. The Labute approximate surface area is 174 Å². The highest BCUT2D eigenvalue weighted by atomic mass is 35.5. The second-order valence-electron chi connectivity index (χ2n) is 7.03. The Kier molecular flexibility index (Phi) is 9.64. The van der Waals surface area contributed by atoms with Crippen molar-refractivity contribution in [1.29, 1.82) is 0 Å². The Balaban J connectivity index is 2.11. The topological polar surface area (TPSA) is 32.3 Å². The van der Waals surface area contributed by atoms with Crippen LogP contribution in [0, 0.1) is 6.92 Å². The van der Waals surface area contributed by atoms with Crippen LogP contribution in [0.15, 0.2) is 54.7 Å². The van der Waals surface area contributed by atoms with E-state index in [2.05, 4.69) is 60.6 Å². The molecule has 0 aliphatic carbocycles. The number of nitrogens with one attached hydrogen (secondary N) is 1. The summed E-state index contributed by atoms with van der Waals surface area (Å²) in [4.78, 5) is 12.5. The second kappa shape index (κ2) is 12.2. The van der Waals surface area contributed by atoms with E-state index in [4.69, 9.17) is 11.6 Å². The summed E-state index contributed by atoms with van der Waals surface area (Å²) in [5.41, 5.74) is 4.85. The molecule has 0 fully saturated rings. The maximum absolute atomic E-state index is 10.3. The number of benzene rings is 2. The number of aryl methyl sites for hydroxylation is 2. The molecule has 0 aromatic heterocycles. The van der Waals surface area contributed by atoms with Gasteiger partial charge in [-0.3, -0.25) is 4.79 Å². The number of nitrogens with zero attached hydrogens (tertiary/aromatic N) is 1. The molecule has 0 spiro atoms. The predicted molar refractivity (Wildman–Crippen MR) is 120 cm³/mol. The fourth-order valence-electron chi connectivity index (χ4n) is 3.21. The van der Waals surface area contributed by atoms with Gasteiger partial charge in [0, 0.05) is 29.1 Å². The number of amides is 1. The Morgan fingerprint density at radius 1 is 1.11 bits per heavy atom. The summed E-state index contributed by atoms with van der Waals surface area (Å²) in [7, 11) is 0. The predicted octanol–water partition coefficient (Wildman–Crippen LogP) is 6.56. The summed E-state index contributed by atoms with van der Waals surface area (Å²) < 4.78 is 0. The van der Waals surface area contributed by atoms with Gasteiger partial charge in [-0.15, -0.1) is 0 Å². The molecule has 2 aromatic rings. The molecule has 4 heteroatoms. The lowest BCUT2D eigenvalue weighted by Crippen LogP contribution is -2.11. The zero-order chi connectivity index (χ0) is 20.2. The van der Waals surface area contributed by atoms with E-state index in [9.17, 15) is 4.79 Å². The fraction of sp³-hybridized carbons (Fsp3) is 0.375. The van der Waals surface area contributed by atoms with E-state index in [1.165, 1.54) is 16.8 Å². The molecule has 0 atom stereocenters. The molecule has 0 aliphatic rings. The van der Waals surface area contributed by atoms with Gasteiger partial charge in [-0.1, -0.05) is 55.6 Å². The summed E-state index contributed by atoms with van der Waals surface area (Å²) in [5, 5.41) is 3.45. The quantitative estimate of drug-likeness (QED) is 0.324. The van der Waals surface area contributed by atoms with E-state index < -0.39 is 0 Å². The normalized spacial score (nSPS) is 11.0. The molecule has 1 amide bonds. The molecule has 150 valence electrons. The van der Waals surface area contributed by atoms with Gasteiger partial charge in [0.15, 0.2) is 0 Å². The van der Waals surface area contributed by atoms with Crippen LogP contribution in [0.25, 0.3) is 0 Å². The molecular formula is C24H31ClN2O. The monoisotopic (exact) mass is 398 g/mol. The molecule has 0 radical (unpaired) electrons. The van der Waals surface area contributed by atoms with Crippen molar-refractivity contribution < 1.29 is 4.79 Å². The molecule has 0 bridgehead atoms. The average Bonchev–Trinajstić information content (AvgIpc) is 2.69. The van der Waals surface area contributed by atoms with Crippen molar-refractivity contribution in [3.8, 4) is 0 Å². The number of carbonyl (C=O) groups is 1. The Morgan fingerprint density at radius 3 is 2.68 bits per heavy atom. The van der Waals surface area contributed by atoms with Crippen molar-refractivity contribution in [1.82, 2.24) is 5.32 Å². The smallest absolute Gasteiger partial charge is 0.207 e. The van der Waals surface area contributed by atoms with Gasteiger partial charge in [-0.25, -0.2) is 0 Å². The Morgan fingerprint density at radius 2 is 1.96 bits per heavy atom. The number of halogens is 1. The van der Waals surface area contributed by atoms with Crippen LogP contribution >= 0.6 is 11.6 Å².